The molecule has 3 heterocycles. The van der Waals surface area contributed by atoms with Crippen LogP contribution in [0, 0.1) is 6.92 Å². The normalized spacial score (nSPS) is 15.6. The van der Waals surface area contributed by atoms with Crippen molar-refractivity contribution in [2.24, 2.45) is 0 Å². The number of carbonyl (C=O) groups is 1. The molecule has 1 saturated heterocycles. The molecule has 6 nitrogen and oxygen atoms in total. The third-order valence-corrected chi connectivity index (χ3v) is 4.22. The maximum Gasteiger partial charge on any atom is 0.419 e. The number of hydrogen-bond acceptors (Lipinski definition) is 4. The fourth-order valence-electron chi connectivity index (χ4n) is 2.63. The zero-order valence-electron chi connectivity index (χ0n) is 13.2. The highest BCUT2D eigenvalue weighted by Gasteiger charge is 2.35. The van der Waals surface area contributed by atoms with Gasteiger partial charge in [0.05, 0.1) is 18.7 Å². The van der Waals surface area contributed by atoms with E-state index in [0.29, 0.717) is 37.8 Å². The number of rotatable bonds is 2. The minimum absolute atomic E-state index is 0.0123. The van der Waals surface area contributed by atoms with Crippen molar-refractivity contribution in [2.75, 3.05) is 31.1 Å². The molecule has 2 aromatic rings. The number of nitrogens with zero attached hydrogens (tertiary/aromatic N) is 3. The van der Waals surface area contributed by atoms with Crippen LogP contribution in [-0.2, 0) is 6.18 Å². The number of H-pyrrole nitrogens is 1. The number of piperazine rings is 1. The smallest absolute Gasteiger partial charge is 0.361 e. The molecule has 134 valence electrons. The Bertz CT molecular complexity index is 785. The van der Waals surface area contributed by atoms with Crippen LogP contribution in [0.2, 0.25) is 5.02 Å². The molecule has 1 N–H and O–H groups in total. The van der Waals surface area contributed by atoms with Crippen LogP contribution in [0.25, 0.3) is 0 Å². The highest BCUT2D eigenvalue weighted by molar-refractivity contribution is 6.32. The van der Waals surface area contributed by atoms with Gasteiger partial charge in [-0.25, -0.2) is 4.98 Å². The lowest BCUT2D eigenvalue weighted by Gasteiger charge is -2.30. The highest BCUT2D eigenvalue weighted by atomic mass is 35.5. The van der Waals surface area contributed by atoms with E-state index >= 15 is 0 Å². The Kier molecular flexibility index (Phi) is 4.59. The molecule has 10 heteroatoms. The van der Waals surface area contributed by atoms with Gasteiger partial charge in [0, 0.05) is 6.07 Å². The van der Waals surface area contributed by atoms with E-state index in [1.165, 1.54) is 0 Å². The number of pyridine rings is 1. The summed E-state index contributed by atoms with van der Waals surface area (Å²) in [6.07, 6.45) is -3.57. The fraction of sp³-hybridized carbons (Fsp3) is 0.400. The Hall–Kier alpha value is -2.29. The number of aromatic amines is 1. The van der Waals surface area contributed by atoms with Crippen LogP contribution in [0.15, 0.2) is 22.9 Å². The molecule has 0 unspecified atom stereocenters. The number of aromatic nitrogens is 2. The van der Waals surface area contributed by atoms with E-state index in [4.69, 9.17) is 16.1 Å². The van der Waals surface area contributed by atoms with Crippen LogP contribution in [-0.4, -0.2) is 42.1 Å². The molecule has 0 aliphatic carbocycles. The predicted octanol–water partition coefficient (Wildman–Crippen LogP) is 2.43. The van der Waals surface area contributed by atoms with Crippen molar-refractivity contribution in [1.29, 1.82) is 0 Å². The number of amides is 1. The number of aryl methyl sites for hydroxylation is 1. The average molecular weight is 376 g/mol. The Balaban J connectivity index is 1.67. The van der Waals surface area contributed by atoms with Crippen molar-refractivity contribution in [1.82, 2.24) is 10.1 Å². The molecular weight excluding hydrogens is 361 g/mol. The molecule has 0 radical (unpaired) electrons. The Morgan fingerprint density at radius 1 is 1.28 bits per heavy atom. The first-order chi connectivity index (χ1) is 11.8. The van der Waals surface area contributed by atoms with Crippen LogP contribution in [0.4, 0.5) is 19.0 Å². The maximum absolute atomic E-state index is 12.7. The maximum atomic E-state index is 12.7. The Morgan fingerprint density at radius 2 is 1.96 bits per heavy atom. The number of nitrogens with one attached hydrogen (secondary N) is 1. The van der Waals surface area contributed by atoms with Gasteiger partial charge in [0.15, 0.2) is 5.69 Å². The molecule has 0 bridgehead atoms. The lowest BCUT2D eigenvalue weighted by molar-refractivity contribution is -0.367. The van der Waals surface area contributed by atoms with Crippen LogP contribution < -0.4 is 9.88 Å². The second-order valence-corrected chi connectivity index (χ2v) is 6.09. The number of hydrogen-bond donors (Lipinski definition) is 0. The second kappa shape index (κ2) is 6.55. The zero-order valence-corrected chi connectivity index (χ0v) is 14.0. The van der Waals surface area contributed by atoms with Gasteiger partial charge in [-0.1, -0.05) is 16.8 Å². The quantitative estimate of drug-likeness (QED) is 0.808. The van der Waals surface area contributed by atoms with E-state index in [1.807, 2.05) is 0 Å². The van der Waals surface area contributed by atoms with Gasteiger partial charge in [0.1, 0.15) is 30.1 Å². The summed E-state index contributed by atoms with van der Waals surface area (Å²) in [5, 5.41) is 3.69. The summed E-state index contributed by atoms with van der Waals surface area (Å²) < 4.78 is 43.0. The topological polar surface area (TPSA) is 63.7 Å². The third kappa shape index (κ3) is 3.71. The van der Waals surface area contributed by atoms with Gasteiger partial charge in [-0.2, -0.15) is 13.2 Å². The minimum atomic E-state index is -4.46. The summed E-state index contributed by atoms with van der Waals surface area (Å²) in [4.78, 5) is 18.3. The highest BCUT2D eigenvalue weighted by Crippen LogP contribution is 2.32. The van der Waals surface area contributed by atoms with Gasteiger partial charge in [-0.15, -0.1) is 0 Å². The molecule has 3 rings (SSSR count). The lowest BCUT2D eigenvalue weighted by Crippen LogP contribution is -2.50. The Labute approximate surface area is 146 Å². The monoisotopic (exact) mass is 375 g/mol. The summed E-state index contributed by atoms with van der Waals surface area (Å²) in [6.45, 7) is 3.37. The van der Waals surface area contributed by atoms with E-state index < -0.39 is 11.7 Å². The van der Waals surface area contributed by atoms with E-state index in [0.717, 1.165) is 12.3 Å². The molecular formula is C15H15ClF3N4O2+. The molecule has 1 fully saturated rings. The summed E-state index contributed by atoms with van der Waals surface area (Å²) in [7, 11) is 0. The number of carbonyl (C=O) groups excluding carboxylic acids is 1. The van der Waals surface area contributed by atoms with E-state index in [9.17, 15) is 18.0 Å². The van der Waals surface area contributed by atoms with Crippen LogP contribution in [0.3, 0.4) is 0 Å². The SMILES string of the molecule is Cc1cc(C(=O)N2CCN(c3[nH+]cc(C(F)(F)F)cc3Cl)CC2)no1. The summed E-state index contributed by atoms with van der Waals surface area (Å²) in [5.74, 6) is 0.714. The predicted molar refractivity (Wildman–Crippen MR) is 82.4 cm³/mol. The van der Waals surface area contributed by atoms with Crippen molar-refractivity contribution >= 4 is 23.3 Å². The van der Waals surface area contributed by atoms with E-state index in [-0.39, 0.29) is 16.6 Å². The van der Waals surface area contributed by atoms with Gasteiger partial charge in [-0.05, 0) is 13.0 Å². The lowest BCUT2D eigenvalue weighted by atomic mass is 10.2. The first-order valence-corrected chi connectivity index (χ1v) is 7.89. The van der Waals surface area contributed by atoms with Crippen LogP contribution in [0.1, 0.15) is 21.8 Å². The minimum Gasteiger partial charge on any atom is -0.361 e. The number of anilines is 1. The molecule has 2 aromatic heterocycles. The standard InChI is InChI=1S/C15H14ClF3N4O2/c1-9-6-12(21-25-9)14(24)23-4-2-22(3-5-23)13-11(16)7-10(8-20-13)15(17,18)19/h6-8H,2-5H2,1H3/p+1. The van der Waals surface area contributed by atoms with Crippen molar-refractivity contribution in [3.63, 3.8) is 0 Å². The number of halogens is 4. The van der Waals surface area contributed by atoms with E-state index in [1.54, 1.807) is 22.8 Å². The van der Waals surface area contributed by atoms with Crippen molar-refractivity contribution in [3.05, 3.63) is 40.4 Å². The largest absolute Gasteiger partial charge is 0.419 e. The third-order valence-electron chi connectivity index (χ3n) is 3.93. The van der Waals surface area contributed by atoms with Gasteiger partial charge in [0.25, 0.3) is 11.7 Å². The summed E-state index contributed by atoms with van der Waals surface area (Å²) >= 11 is 5.99. The Morgan fingerprint density at radius 3 is 2.48 bits per heavy atom. The number of alkyl halides is 3. The molecule has 25 heavy (non-hydrogen) atoms. The zero-order chi connectivity index (χ0) is 18.2. The molecule has 0 aromatic carbocycles. The molecule has 1 aliphatic heterocycles. The summed E-state index contributed by atoms with van der Waals surface area (Å²) in [5.41, 5.74) is -0.596. The van der Waals surface area contributed by atoms with Crippen molar-refractivity contribution in [2.45, 2.75) is 13.1 Å². The van der Waals surface area contributed by atoms with Gasteiger partial charge in [0.2, 0.25) is 0 Å². The second-order valence-electron chi connectivity index (χ2n) is 5.68. The van der Waals surface area contributed by atoms with Crippen molar-refractivity contribution < 1.29 is 27.5 Å². The average Bonchev–Trinajstić information content (AvgIpc) is 3.00. The fourth-order valence-corrected chi connectivity index (χ4v) is 2.92. The molecule has 0 atom stereocenters. The molecule has 0 saturated carbocycles. The van der Waals surface area contributed by atoms with Gasteiger partial charge < -0.3 is 9.42 Å². The van der Waals surface area contributed by atoms with Crippen LogP contribution >= 0.6 is 11.6 Å². The first kappa shape index (κ1) is 17.5. The van der Waals surface area contributed by atoms with E-state index in [2.05, 4.69) is 10.1 Å². The van der Waals surface area contributed by atoms with Gasteiger partial charge >= 0.3 is 6.18 Å². The van der Waals surface area contributed by atoms with Crippen LogP contribution in [0.5, 0.6) is 0 Å². The summed E-state index contributed by atoms with van der Waals surface area (Å²) in [6, 6.07) is 2.46. The molecule has 0 spiro atoms. The first-order valence-electron chi connectivity index (χ1n) is 7.51. The van der Waals surface area contributed by atoms with Gasteiger partial charge in [-0.3, -0.25) is 9.69 Å². The molecule has 1 amide bonds. The van der Waals surface area contributed by atoms with Crippen molar-refractivity contribution in [3.8, 4) is 0 Å². The molecule has 1 aliphatic rings.